The zero-order valence-corrected chi connectivity index (χ0v) is 14.5. The Kier molecular flexibility index (Phi) is 5.01. The molecular formula is C17H20N2O6. The van der Waals surface area contributed by atoms with Crippen molar-refractivity contribution in [2.75, 3.05) is 18.9 Å². The Hall–Kier alpha value is -3.03. The number of amides is 2. The fourth-order valence-corrected chi connectivity index (χ4v) is 2.05. The van der Waals surface area contributed by atoms with Crippen LogP contribution in [0.2, 0.25) is 0 Å². The average Bonchev–Trinajstić information content (AvgIpc) is 2.88. The van der Waals surface area contributed by atoms with Crippen LogP contribution in [0, 0.1) is 0 Å². The van der Waals surface area contributed by atoms with E-state index in [1.807, 2.05) is 0 Å². The van der Waals surface area contributed by atoms with Crippen LogP contribution in [-0.4, -0.2) is 47.2 Å². The summed E-state index contributed by atoms with van der Waals surface area (Å²) < 4.78 is 10.3. The second-order valence-electron chi connectivity index (χ2n) is 6.55. The van der Waals surface area contributed by atoms with Crippen molar-refractivity contribution in [1.29, 1.82) is 0 Å². The first-order chi connectivity index (χ1) is 11.5. The van der Waals surface area contributed by atoms with Crippen LogP contribution < -0.4 is 5.32 Å². The lowest BCUT2D eigenvalue weighted by molar-refractivity contribution is -0.117. The maximum absolute atomic E-state index is 12.1. The number of carboxylic acid groups (broad SMARTS) is 1. The normalized spacial score (nSPS) is 11.2. The van der Waals surface area contributed by atoms with E-state index in [9.17, 15) is 14.4 Å². The molecule has 2 N–H and O–H groups in total. The molecule has 2 aromatic rings. The van der Waals surface area contributed by atoms with Crippen LogP contribution in [-0.2, 0) is 9.53 Å². The molecule has 0 saturated carbocycles. The molecule has 8 nitrogen and oxygen atoms in total. The molecule has 134 valence electrons. The molecule has 0 bridgehead atoms. The van der Waals surface area contributed by atoms with Crippen LogP contribution in [0.1, 0.15) is 31.3 Å². The Morgan fingerprint density at radius 1 is 1.24 bits per heavy atom. The second kappa shape index (κ2) is 6.84. The third-order valence-corrected chi connectivity index (χ3v) is 3.10. The van der Waals surface area contributed by atoms with Gasteiger partial charge in [0.2, 0.25) is 11.7 Å². The van der Waals surface area contributed by atoms with Crippen LogP contribution in [0.15, 0.2) is 28.7 Å². The number of carbonyl (C=O) groups is 3. The van der Waals surface area contributed by atoms with Crippen molar-refractivity contribution in [3.8, 4) is 0 Å². The lowest BCUT2D eigenvalue weighted by atomic mass is 10.2. The van der Waals surface area contributed by atoms with Crippen LogP contribution >= 0.6 is 0 Å². The highest BCUT2D eigenvalue weighted by Gasteiger charge is 2.21. The standard InChI is InChI=1S/C17H20N2O6/c1-17(2,3)25-16(23)19(4)9-14(20)18-11-5-6-12-10(7-11)8-13(24-12)15(21)22/h5-8H,9H2,1-4H3,(H,18,20)(H,21,22). The van der Waals surface area contributed by atoms with E-state index < -0.39 is 23.6 Å². The first-order valence-corrected chi connectivity index (χ1v) is 7.56. The molecule has 0 aliphatic carbocycles. The highest BCUT2D eigenvalue weighted by atomic mass is 16.6. The predicted molar refractivity (Wildman–Crippen MR) is 90.7 cm³/mol. The number of fused-ring (bicyclic) bond motifs is 1. The van der Waals surface area contributed by atoms with Gasteiger partial charge in [-0.3, -0.25) is 4.79 Å². The minimum atomic E-state index is -1.17. The quantitative estimate of drug-likeness (QED) is 0.879. The second-order valence-corrected chi connectivity index (χ2v) is 6.55. The molecule has 25 heavy (non-hydrogen) atoms. The van der Waals surface area contributed by atoms with E-state index in [1.165, 1.54) is 18.0 Å². The van der Waals surface area contributed by atoms with E-state index >= 15 is 0 Å². The Labute approximate surface area is 144 Å². The van der Waals surface area contributed by atoms with Gasteiger partial charge in [0.05, 0.1) is 0 Å². The van der Waals surface area contributed by atoms with Gasteiger partial charge in [-0.25, -0.2) is 9.59 Å². The van der Waals surface area contributed by atoms with Crippen molar-refractivity contribution in [3.05, 3.63) is 30.0 Å². The number of rotatable bonds is 4. The zero-order chi connectivity index (χ0) is 18.8. The molecule has 0 aliphatic heterocycles. The van der Waals surface area contributed by atoms with Gasteiger partial charge in [0.15, 0.2) is 0 Å². The summed E-state index contributed by atoms with van der Waals surface area (Å²) in [4.78, 5) is 36.0. The molecule has 2 amide bonds. The summed E-state index contributed by atoms with van der Waals surface area (Å²) in [7, 11) is 1.46. The van der Waals surface area contributed by atoms with Gasteiger partial charge in [-0.05, 0) is 45.0 Å². The Balaban J connectivity index is 2.01. The van der Waals surface area contributed by atoms with E-state index in [-0.39, 0.29) is 12.3 Å². The largest absolute Gasteiger partial charge is 0.475 e. The summed E-state index contributed by atoms with van der Waals surface area (Å²) in [6.45, 7) is 5.04. The minimum Gasteiger partial charge on any atom is -0.475 e. The van der Waals surface area contributed by atoms with Crippen LogP contribution in [0.5, 0.6) is 0 Å². The van der Waals surface area contributed by atoms with Gasteiger partial charge < -0.3 is 24.5 Å². The number of furan rings is 1. The molecule has 1 aromatic heterocycles. The summed E-state index contributed by atoms with van der Waals surface area (Å²) in [5.74, 6) is -1.75. The molecule has 1 heterocycles. The molecule has 8 heteroatoms. The third kappa shape index (κ3) is 4.97. The van der Waals surface area contributed by atoms with Crippen molar-refractivity contribution < 1.29 is 28.6 Å². The number of hydrogen-bond acceptors (Lipinski definition) is 5. The Morgan fingerprint density at radius 3 is 2.52 bits per heavy atom. The van der Waals surface area contributed by atoms with E-state index in [0.29, 0.717) is 16.7 Å². The molecule has 0 atom stereocenters. The number of anilines is 1. The first kappa shape index (κ1) is 18.3. The molecule has 2 rings (SSSR count). The van der Waals surface area contributed by atoms with Crippen LogP contribution in [0.4, 0.5) is 10.5 Å². The minimum absolute atomic E-state index is 0.178. The van der Waals surface area contributed by atoms with Gasteiger partial charge in [-0.15, -0.1) is 0 Å². The van der Waals surface area contributed by atoms with Crippen molar-refractivity contribution in [2.45, 2.75) is 26.4 Å². The molecule has 0 unspecified atom stereocenters. The van der Waals surface area contributed by atoms with Crippen LogP contribution in [0.3, 0.4) is 0 Å². The molecule has 0 spiro atoms. The van der Waals surface area contributed by atoms with E-state index in [4.69, 9.17) is 14.3 Å². The van der Waals surface area contributed by atoms with Gasteiger partial charge in [-0.1, -0.05) is 0 Å². The summed E-state index contributed by atoms with van der Waals surface area (Å²) in [5, 5.41) is 12.1. The van der Waals surface area contributed by atoms with Gasteiger partial charge >= 0.3 is 12.1 Å². The van der Waals surface area contributed by atoms with Gasteiger partial charge in [0, 0.05) is 18.1 Å². The molecule has 0 radical (unpaired) electrons. The number of aromatic carboxylic acids is 1. The first-order valence-electron chi connectivity index (χ1n) is 7.56. The number of nitrogens with one attached hydrogen (secondary N) is 1. The van der Waals surface area contributed by atoms with E-state index in [0.717, 1.165) is 0 Å². The molecular weight excluding hydrogens is 328 g/mol. The number of carboxylic acids is 1. The number of carbonyl (C=O) groups excluding carboxylic acids is 2. The predicted octanol–water partition coefficient (Wildman–Crippen LogP) is 2.94. The molecule has 0 fully saturated rings. The van der Waals surface area contributed by atoms with E-state index in [2.05, 4.69) is 5.32 Å². The Bertz CT molecular complexity index is 818. The van der Waals surface area contributed by atoms with Gasteiger partial charge in [0.1, 0.15) is 17.7 Å². The number of benzene rings is 1. The molecule has 0 saturated heterocycles. The third-order valence-electron chi connectivity index (χ3n) is 3.10. The number of likely N-dealkylation sites (N-methyl/N-ethyl adjacent to an activating group) is 1. The lowest BCUT2D eigenvalue weighted by Gasteiger charge is -2.24. The smallest absolute Gasteiger partial charge is 0.410 e. The van der Waals surface area contributed by atoms with Crippen LogP contribution in [0.25, 0.3) is 11.0 Å². The van der Waals surface area contributed by atoms with Crippen molar-refractivity contribution in [2.24, 2.45) is 0 Å². The number of ether oxygens (including phenoxy) is 1. The summed E-state index contributed by atoms with van der Waals surface area (Å²) in [6, 6.07) is 6.12. The van der Waals surface area contributed by atoms with Gasteiger partial charge in [0.25, 0.3) is 0 Å². The summed E-state index contributed by atoms with van der Waals surface area (Å²) in [6.07, 6.45) is -0.598. The van der Waals surface area contributed by atoms with Crippen molar-refractivity contribution in [1.82, 2.24) is 4.90 Å². The Morgan fingerprint density at radius 2 is 1.92 bits per heavy atom. The van der Waals surface area contributed by atoms with Crippen molar-refractivity contribution in [3.63, 3.8) is 0 Å². The van der Waals surface area contributed by atoms with Gasteiger partial charge in [-0.2, -0.15) is 0 Å². The average molecular weight is 348 g/mol. The van der Waals surface area contributed by atoms with E-state index in [1.54, 1.807) is 39.0 Å². The number of hydrogen-bond donors (Lipinski definition) is 2. The summed E-state index contributed by atoms with van der Waals surface area (Å²) >= 11 is 0. The zero-order valence-electron chi connectivity index (χ0n) is 14.5. The maximum atomic E-state index is 12.1. The maximum Gasteiger partial charge on any atom is 0.410 e. The fourth-order valence-electron chi connectivity index (χ4n) is 2.05. The van der Waals surface area contributed by atoms with Crippen molar-refractivity contribution >= 4 is 34.6 Å². The number of nitrogens with zero attached hydrogens (tertiary/aromatic N) is 1. The molecule has 0 aliphatic rings. The monoisotopic (exact) mass is 348 g/mol. The molecule has 1 aromatic carbocycles. The highest BCUT2D eigenvalue weighted by Crippen LogP contribution is 2.23. The SMILES string of the molecule is CN(CC(=O)Nc1ccc2oc(C(=O)O)cc2c1)C(=O)OC(C)(C)C. The fraction of sp³-hybridized carbons (Fsp3) is 0.353. The topological polar surface area (TPSA) is 109 Å². The highest BCUT2D eigenvalue weighted by molar-refractivity contribution is 5.97. The lowest BCUT2D eigenvalue weighted by Crippen LogP contribution is -2.38. The summed E-state index contributed by atoms with van der Waals surface area (Å²) in [5.41, 5.74) is 0.227.